The van der Waals surface area contributed by atoms with Gasteiger partial charge in [0.05, 0.1) is 6.04 Å². The maximum Gasteiger partial charge on any atom is 0.317 e. The molecule has 1 aliphatic carbocycles. The average Bonchev–Trinajstić information content (AvgIpc) is 2.86. The van der Waals surface area contributed by atoms with E-state index in [0.717, 1.165) is 35.5 Å². The number of furan rings is 1. The molecule has 0 bridgehead atoms. The van der Waals surface area contributed by atoms with E-state index < -0.39 is 0 Å². The summed E-state index contributed by atoms with van der Waals surface area (Å²) in [7, 11) is 1.76. The zero-order valence-electron chi connectivity index (χ0n) is 15.3. The number of rotatable bonds is 3. The number of hydrogen-bond donors (Lipinski definition) is 2. The fourth-order valence-electron chi connectivity index (χ4n) is 3.57. The van der Waals surface area contributed by atoms with E-state index in [-0.39, 0.29) is 23.2 Å². The third-order valence-electron chi connectivity index (χ3n) is 4.71. The number of nitrogens with one attached hydrogen (secondary N) is 1. The molecule has 3 rings (SSSR count). The minimum atomic E-state index is -0.129. The predicted molar refractivity (Wildman–Crippen MR) is 96.4 cm³/mol. The lowest BCUT2D eigenvalue weighted by molar-refractivity contribution is 0.188. The van der Waals surface area contributed by atoms with Crippen LogP contribution in [-0.2, 0) is 13.0 Å². The molecule has 0 spiro atoms. The van der Waals surface area contributed by atoms with Crippen LogP contribution in [0.15, 0.2) is 34.7 Å². The molecule has 0 saturated carbocycles. The Hall–Kier alpha value is -2.43. The molecule has 0 aliphatic heterocycles. The van der Waals surface area contributed by atoms with Crippen molar-refractivity contribution in [1.82, 2.24) is 10.2 Å². The Morgan fingerprint density at radius 3 is 2.88 bits per heavy atom. The molecule has 2 N–H and O–H groups in total. The second-order valence-electron chi connectivity index (χ2n) is 7.81. The normalized spacial score (nSPS) is 18.5. The number of carbonyl (C=O) groups is 1. The maximum absolute atomic E-state index is 12.6. The number of nitrogens with zero attached hydrogens (tertiary/aromatic N) is 1. The Morgan fingerprint density at radius 2 is 2.16 bits per heavy atom. The number of fused-ring (bicyclic) bond motifs is 1. The van der Waals surface area contributed by atoms with Gasteiger partial charge in [0, 0.05) is 25.6 Å². The Bertz CT molecular complexity index is 779. The quantitative estimate of drug-likeness (QED) is 0.881. The average molecular weight is 342 g/mol. The van der Waals surface area contributed by atoms with Crippen LogP contribution in [0.5, 0.6) is 5.75 Å². The van der Waals surface area contributed by atoms with Gasteiger partial charge < -0.3 is 19.7 Å². The second-order valence-corrected chi connectivity index (χ2v) is 7.81. The molecule has 0 unspecified atom stereocenters. The molecular formula is C20H26N2O3. The lowest BCUT2D eigenvalue weighted by Crippen LogP contribution is -2.42. The molecule has 0 saturated heterocycles. The maximum atomic E-state index is 12.6. The lowest BCUT2D eigenvalue weighted by Gasteiger charge is -2.35. The third-order valence-corrected chi connectivity index (χ3v) is 4.71. The SMILES string of the molecule is Cc1cc2c(o1)CC(C)(C)C[C@@H]2NC(=O)N(C)Cc1cccc(O)c1. The first-order valence-electron chi connectivity index (χ1n) is 8.62. The summed E-state index contributed by atoms with van der Waals surface area (Å²) in [5, 5.41) is 12.7. The van der Waals surface area contributed by atoms with Gasteiger partial charge in [0.15, 0.2) is 0 Å². The summed E-state index contributed by atoms with van der Waals surface area (Å²) in [6.07, 6.45) is 1.77. The van der Waals surface area contributed by atoms with E-state index in [0.29, 0.717) is 6.54 Å². The first-order valence-corrected chi connectivity index (χ1v) is 8.62. The number of amides is 2. The zero-order valence-corrected chi connectivity index (χ0v) is 15.3. The number of urea groups is 1. The highest BCUT2D eigenvalue weighted by atomic mass is 16.3. The fraction of sp³-hybridized carbons (Fsp3) is 0.450. The minimum Gasteiger partial charge on any atom is -0.508 e. The van der Waals surface area contributed by atoms with Gasteiger partial charge in [-0.1, -0.05) is 26.0 Å². The van der Waals surface area contributed by atoms with Gasteiger partial charge in [0.2, 0.25) is 0 Å². The topological polar surface area (TPSA) is 65.7 Å². The largest absolute Gasteiger partial charge is 0.508 e. The molecule has 134 valence electrons. The van der Waals surface area contributed by atoms with Crippen molar-refractivity contribution in [3.8, 4) is 5.75 Å². The van der Waals surface area contributed by atoms with Crippen LogP contribution in [0.3, 0.4) is 0 Å². The van der Waals surface area contributed by atoms with Crippen LogP contribution in [0.25, 0.3) is 0 Å². The number of benzene rings is 1. The van der Waals surface area contributed by atoms with Gasteiger partial charge in [-0.3, -0.25) is 0 Å². The van der Waals surface area contributed by atoms with Gasteiger partial charge in [-0.05, 0) is 42.5 Å². The number of carbonyl (C=O) groups excluding carboxylic acids is 1. The van der Waals surface area contributed by atoms with Crippen LogP contribution in [-0.4, -0.2) is 23.1 Å². The fourth-order valence-corrected chi connectivity index (χ4v) is 3.57. The summed E-state index contributed by atoms with van der Waals surface area (Å²) in [6, 6.07) is 8.82. The predicted octanol–water partition coefficient (Wildman–Crippen LogP) is 4.15. The van der Waals surface area contributed by atoms with Crippen molar-refractivity contribution in [1.29, 1.82) is 0 Å². The zero-order chi connectivity index (χ0) is 18.2. The van der Waals surface area contributed by atoms with Crippen LogP contribution < -0.4 is 5.32 Å². The van der Waals surface area contributed by atoms with Gasteiger partial charge in [-0.15, -0.1) is 0 Å². The summed E-state index contributed by atoms with van der Waals surface area (Å²) in [4.78, 5) is 14.3. The molecule has 0 fully saturated rings. The van der Waals surface area contributed by atoms with Crippen molar-refractivity contribution in [3.63, 3.8) is 0 Å². The Balaban J connectivity index is 1.71. The van der Waals surface area contributed by atoms with Crippen LogP contribution in [0, 0.1) is 12.3 Å². The standard InChI is InChI=1S/C20H26N2O3/c1-13-8-16-17(10-20(2,3)11-18(16)25-13)21-19(24)22(4)12-14-6-5-7-15(23)9-14/h5-9,17,23H,10-12H2,1-4H3,(H,21,24)/t17-/m0/s1. The van der Waals surface area contributed by atoms with Crippen molar-refractivity contribution in [2.75, 3.05) is 7.05 Å². The number of phenolic OH excluding ortho intramolecular Hbond substituents is 1. The summed E-state index contributed by atoms with van der Waals surface area (Å²) >= 11 is 0. The highest BCUT2D eigenvalue weighted by Gasteiger charge is 2.35. The van der Waals surface area contributed by atoms with Gasteiger partial charge in [-0.25, -0.2) is 4.79 Å². The summed E-state index contributed by atoms with van der Waals surface area (Å²) < 4.78 is 5.83. The number of aromatic hydroxyl groups is 1. The summed E-state index contributed by atoms with van der Waals surface area (Å²) in [6.45, 7) is 6.78. The number of phenols is 1. The van der Waals surface area contributed by atoms with E-state index >= 15 is 0 Å². The van der Waals surface area contributed by atoms with Crippen molar-refractivity contribution in [2.24, 2.45) is 5.41 Å². The van der Waals surface area contributed by atoms with E-state index in [2.05, 4.69) is 19.2 Å². The van der Waals surface area contributed by atoms with Crippen molar-refractivity contribution >= 4 is 6.03 Å². The molecule has 25 heavy (non-hydrogen) atoms. The molecule has 1 aliphatic rings. The van der Waals surface area contributed by atoms with E-state index in [1.54, 1.807) is 30.1 Å². The van der Waals surface area contributed by atoms with E-state index in [4.69, 9.17) is 4.42 Å². The smallest absolute Gasteiger partial charge is 0.317 e. The van der Waals surface area contributed by atoms with Crippen LogP contribution in [0.4, 0.5) is 4.79 Å². The van der Waals surface area contributed by atoms with Gasteiger partial charge in [0.1, 0.15) is 17.3 Å². The van der Waals surface area contributed by atoms with Gasteiger partial charge in [0.25, 0.3) is 0 Å². The molecule has 2 amide bonds. The highest BCUT2D eigenvalue weighted by molar-refractivity contribution is 5.74. The molecule has 5 nitrogen and oxygen atoms in total. The molecule has 1 aromatic heterocycles. The number of aryl methyl sites for hydroxylation is 1. The summed E-state index contributed by atoms with van der Waals surface area (Å²) in [5.41, 5.74) is 2.07. The van der Waals surface area contributed by atoms with Crippen molar-refractivity contribution in [2.45, 2.75) is 46.2 Å². The number of hydrogen-bond acceptors (Lipinski definition) is 3. The first kappa shape index (κ1) is 17.4. The Morgan fingerprint density at radius 1 is 1.40 bits per heavy atom. The third kappa shape index (κ3) is 3.98. The van der Waals surface area contributed by atoms with Crippen LogP contribution in [0.2, 0.25) is 0 Å². The molecular weight excluding hydrogens is 316 g/mol. The lowest BCUT2D eigenvalue weighted by atomic mass is 9.75. The molecule has 2 aromatic rings. The van der Waals surface area contributed by atoms with E-state index in [9.17, 15) is 9.90 Å². The first-order chi connectivity index (χ1) is 11.7. The monoisotopic (exact) mass is 342 g/mol. The van der Waals surface area contributed by atoms with Crippen molar-refractivity contribution in [3.05, 3.63) is 53.0 Å². The van der Waals surface area contributed by atoms with Gasteiger partial charge >= 0.3 is 6.03 Å². The molecule has 1 heterocycles. The molecule has 1 aromatic carbocycles. The minimum absolute atomic E-state index is 0.0460. The molecule has 1 atom stereocenters. The van der Waals surface area contributed by atoms with Crippen LogP contribution >= 0.6 is 0 Å². The van der Waals surface area contributed by atoms with Crippen LogP contribution in [0.1, 0.15) is 49.0 Å². The molecule has 0 radical (unpaired) electrons. The highest BCUT2D eigenvalue weighted by Crippen LogP contribution is 2.42. The summed E-state index contributed by atoms with van der Waals surface area (Å²) in [5.74, 6) is 2.07. The van der Waals surface area contributed by atoms with Crippen molar-refractivity contribution < 1.29 is 14.3 Å². The van der Waals surface area contributed by atoms with E-state index in [1.807, 2.05) is 19.1 Å². The van der Waals surface area contributed by atoms with Gasteiger partial charge in [-0.2, -0.15) is 0 Å². The molecule has 5 heteroatoms. The second kappa shape index (κ2) is 6.47. The van der Waals surface area contributed by atoms with E-state index in [1.165, 1.54) is 0 Å². The Kier molecular flexibility index (Phi) is 4.50. The Labute approximate surface area is 148 Å².